The number of pyridine rings is 1. The molecule has 1 amide bonds. The minimum atomic E-state index is -0.201. The zero-order valence-electron chi connectivity index (χ0n) is 11.7. The number of carbonyl (C=O) groups is 1. The van der Waals surface area contributed by atoms with Gasteiger partial charge in [-0.05, 0) is 18.2 Å². The Labute approximate surface area is 143 Å². The molecule has 0 aliphatic carbocycles. The molecule has 0 aliphatic rings. The molecule has 0 bridgehead atoms. The van der Waals surface area contributed by atoms with Gasteiger partial charge in [0.2, 0.25) is 0 Å². The van der Waals surface area contributed by atoms with Crippen LogP contribution in [0.25, 0.3) is 0 Å². The summed E-state index contributed by atoms with van der Waals surface area (Å²) in [4.78, 5) is 17.7. The molecule has 7 heteroatoms. The van der Waals surface area contributed by atoms with Crippen molar-refractivity contribution in [3.8, 4) is 5.75 Å². The summed E-state index contributed by atoms with van der Waals surface area (Å²) >= 11 is 17.7. The molecule has 116 valence electrons. The van der Waals surface area contributed by atoms with Crippen LogP contribution in [0.4, 0.5) is 0 Å². The van der Waals surface area contributed by atoms with E-state index in [4.69, 9.17) is 39.5 Å². The molecule has 22 heavy (non-hydrogen) atoms. The maximum absolute atomic E-state index is 12.1. The fraction of sp³-hybridized carbons (Fsp3) is 0.200. The van der Waals surface area contributed by atoms with Gasteiger partial charge in [-0.1, -0.05) is 40.9 Å². The van der Waals surface area contributed by atoms with Crippen LogP contribution in [0.2, 0.25) is 15.1 Å². The molecule has 0 fully saturated rings. The first-order valence-corrected chi connectivity index (χ1v) is 7.52. The van der Waals surface area contributed by atoms with E-state index < -0.39 is 0 Å². The Balaban J connectivity index is 1.94. The molecular formula is C15H13Cl3N2O2. The van der Waals surface area contributed by atoms with E-state index in [-0.39, 0.29) is 12.5 Å². The van der Waals surface area contributed by atoms with Gasteiger partial charge in [-0.15, -0.1) is 0 Å². The second-order valence-corrected chi connectivity index (χ2v) is 5.78. The lowest BCUT2D eigenvalue weighted by Crippen LogP contribution is -2.31. The third kappa shape index (κ3) is 4.50. The van der Waals surface area contributed by atoms with Gasteiger partial charge in [0.05, 0.1) is 27.3 Å². The number of hydrogen-bond donors (Lipinski definition) is 0. The Bertz CT molecular complexity index is 665. The molecule has 1 heterocycles. The standard InChI is InChI=1S/C15H13Cl3N2O2/c1-20(8-10-4-2-3-5-19-10)15(21)9-22-14-7-12(17)11(16)6-13(14)18/h2-7H,8-9H2,1H3. The lowest BCUT2D eigenvalue weighted by molar-refractivity contribution is -0.132. The van der Waals surface area contributed by atoms with Crippen molar-refractivity contribution in [2.75, 3.05) is 13.7 Å². The Morgan fingerprint density at radius 2 is 1.91 bits per heavy atom. The number of halogens is 3. The Kier molecular flexibility index (Phi) is 5.89. The van der Waals surface area contributed by atoms with Crippen molar-refractivity contribution in [1.29, 1.82) is 0 Å². The largest absolute Gasteiger partial charge is 0.482 e. The molecule has 1 aromatic carbocycles. The van der Waals surface area contributed by atoms with Gasteiger partial charge in [-0.2, -0.15) is 0 Å². The first-order chi connectivity index (χ1) is 10.5. The van der Waals surface area contributed by atoms with E-state index in [0.717, 1.165) is 5.69 Å². The van der Waals surface area contributed by atoms with E-state index in [0.29, 0.717) is 27.4 Å². The van der Waals surface area contributed by atoms with Crippen LogP contribution < -0.4 is 4.74 Å². The van der Waals surface area contributed by atoms with Crippen molar-refractivity contribution < 1.29 is 9.53 Å². The van der Waals surface area contributed by atoms with Crippen LogP contribution in [0.15, 0.2) is 36.5 Å². The van der Waals surface area contributed by atoms with Crippen molar-refractivity contribution in [1.82, 2.24) is 9.88 Å². The quantitative estimate of drug-likeness (QED) is 0.756. The topological polar surface area (TPSA) is 42.4 Å². The fourth-order valence-electron chi connectivity index (χ4n) is 1.69. The number of amides is 1. The molecule has 2 aromatic rings. The molecule has 0 atom stereocenters. The summed E-state index contributed by atoms with van der Waals surface area (Å²) in [6.07, 6.45) is 1.68. The molecule has 0 spiro atoms. The average Bonchev–Trinajstić information content (AvgIpc) is 2.50. The average molecular weight is 360 g/mol. The number of aromatic nitrogens is 1. The van der Waals surface area contributed by atoms with Gasteiger partial charge in [0, 0.05) is 19.3 Å². The van der Waals surface area contributed by atoms with Crippen molar-refractivity contribution >= 4 is 40.7 Å². The van der Waals surface area contributed by atoms with Gasteiger partial charge < -0.3 is 9.64 Å². The van der Waals surface area contributed by atoms with E-state index in [2.05, 4.69) is 4.98 Å². The number of nitrogens with zero attached hydrogens (tertiary/aromatic N) is 2. The monoisotopic (exact) mass is 358 g/mol. The van der Waals surface area contributed by atoms with E-state index >= 15 is 0 Å². The Morgan fingerprint density at radius 1 is 1.18 bits per heavy atom. The van der Waals surface area contributed by atoms with Crippen LogP contribution in [0.1, 0.15) is 5.69 Å². The van der Waals surface area contributed by atoms with Crippen molar-refractivity contribution in [2.24, 2.45) is 0 Å². The first-order valence-electron chi connectivity index (χ1n) is 6.38. The third-order valence-corrected chi connectivity index (χ3v) is 3.89. The summed E-state index contributed by atoms with van der Waals surface area (Å²) in [5.41, 5.74) is 0.797. The van der Waals surface area contributed by atoms with Crippen LogP contribution in [-0.4, -0.2) is 29.4 Å². The highest BCUT2D eigenvalue weighted by atomic mass is 35.5. The number of carbonyl (C=O) groups excluding carboxylic acids is 1. The first kappa shape index (κ1) is 16.9. The van der Waals surface area contributed by atoms with E-state index in [1.54, 1.807) is 13.2 Å². The van der Waals surface area contributed by atoms with Crippen LogP contribution in [0, 0.1) is 0 Å². The van der Waals surface area contributed by atoms with E-state index in [1.165, 1.54) is 17.0 Å². The van der Waals surface area contributed by atoms with Crippen molar-refractivity contribution in [2.45, 2.75) is 6.54 Å². The second-order valence-electron chi connectivity index (χ2n) is 4.56. The summed E-state index contributed by atoms with van der Waals surface area (Å²) in [6, 6.07) is 8.49. The zero-order valence-corrected chi connectivity index (χ0v) is 14.0. The van der Waals surface area contributed by atoms with Crippen molar-refractivity contribution in [3.63, 3.8) is 0 Å². The summed E-state index contributed by atoms with van der Waals surface area (Å²) in [5, 5.41) is 0.947. The molecule has 0 saturated heterocycles. The molecular weight excluding hydrogens is 347 g/mol. The highest BCUT2D eigenvalue weighted by Gasteiger charge is 2.13. The fourth-order valence-corrected chi connectivity index (χ4v) is 2.28. The minimum absolute atomic E-state index is 0.152. The number of ether oxygens (including phenoxy) is 1. The van der Waals surface area contributed by atoms with Gasteiger partial charge in [-0.3, -0.25) is 9.78 Å². The van der Waals surface area contributed by atoms with Gasteiger partial charge in [0.15, 0.2) is 6.61 Å². The lowest BCUT2D eigenvalue weighted by atomic mass is 10.3. The SMILES string of the molecule is CN(Cc1ccccn1)C(=O)COc1cc(Cl)c(Cl)cc1Cl. The van der Waals surface area contributed by atoms with Crippen LogP contribution in [-0.2, 0) is 11.3 Å². The molecule has 0 N–H and O–H groups in total. The van der Waals surface area contributed by atoms with E-state index in [9.17, 15) is 4.79 Å². The van der Waals surface area contributed by atoms with Gasteiger partial charge >= 0.3 is 0 Å². The predicted molar refractivity (Wildman–Crippen MR) is 87.7 cm³/mol. The number of rotatable bonds is 5. The van der Waals surface area contributed by atoms with Crippen LogP contribution in [0.5, 0.6) is 5.75 Å². The summed E-state index contributed by atoms with van der Waals surface area (Å²) in [5.74, 6) is 0.114. The predicted octanol–water partition coefficient (Wildman–Crippen LogP) is 4.08. The smallest absolute Gasteiger partial charge is 0.260 e. The Hall–Kier alpha value is -1.49. The van der Waals surface area contributed by atoms with Crippen LogP contribution >= 0.6 is 34.8 Å². The third-order valence-electron chi connectivity index (χ3n) is 2.88. The molecule has 2 rings (SSSR count). The highest BCUT2D eigenvalue weighted by Crippen LogP contribution is 2.33. The van der Waals surface area contributed by atoms with Gasteiger partial charge in [-0.25, -0.2) is 0 Å². The zero-order chi connectivity index (χ0) is 16.1. The van der Waals surface area contributed by atoms with E-state index in [1.807, 2.05) is 18.2 Å². The second kappa shape index (κ2) is 7.68. The van der Waals surface area contributed by atoms with Gasteiger partial charge in [0.25, 0.3) is 5.91 Å². The summed E-state index contributed by atoms with van der Waals surface area (Å²) in [7, 11) is 1.68. The molecule has 1 aromatic heterocycles. The molecule has 0 saturated carbocycles. The summed E-state index contributed by atoms with van der Waals surface area (Å²) < 4.78 is 5.41. The summed E-state index contributed by atoms with van der Waals surface area (Å²) in [6.45, 7) is 0.249. The number of likely N-dealkylation sites (N-methyl/N-ethyl adjacent to an activating group) is 1. The Morgan fingerprint density at radius 3 is 2.59 bits per heavy atom. The number of hydrogen-bond acceptors (Lipinski definition) is 3. The van der Waals surface area contributed by atoms with Gasteiger partial charge in [0.1, 0.15) is 5.75 Å². The molecule has 0 unspecified atom stereocenters. The molecule has 0 aliphatic heterocycles. The maximum atomic E-state index is 12.1. The molecule has 4 nitrogen and oxygen atoms in total. The lowest BCUT2D eigenvalue weighted by Gasteiger charge is -2.17. The van der Waals surface area contributed by atoms with Crippen molar-refractivity contribution in [3.05, 3.63) is 57.3 Å². The van der Waals surface area contributed by atoms with Crippen LogP contribution in [0.3, 0.4) is 0 Å². The minimum Gasteiger partial charge on any atom is -0.482 e. The number of benzene rings is 1. The highest BCUT2D eigenvalue weighted by molar-refractivity contribution is 6.43. The normalized spacial score (nSPS) is 10.4. The maximum Gasteiger partial charge on any atom is 0.260 e. The molecule has 0 radical (unpaired) electrons.